The highest BCUT2D eigenvalue weighted by Gasteiger charge is 2.28. The largest absolute Gasteiger partial charge is 0.396 e. The number of carbonyl (C=O) groups excluding carboxylic acids is 1. The highest BCUT2D eigenvalue weighted by molar-refractivity contribution is 5.94. The summed E-state index contributed by atoms with van der Waals surface area (Å²) in [7, 11) is 0. The quantitative estimate of drug-likeness (QED) is 0.833. The Kier molecular flexibility index (Phi) is 5.35. The molecule has 1 aromatic heterocycles. The van der Waals surface area contributed by atoms with Crippen molar-refractivity contribution >= 4 is 11.7 Å². The van der Waals surface area contributed by atoms with Crippen LogP contribution in [-0.4, -0.2) is 46.6 Å². The molecule has 0 spiro atoms. The molecule has 110 valence electrons. The number of nitrogens with one attached hydrogen (secondary N) is 1. The lowest BCUT2D eigenvalue weighted by Crippen LogP contribution is -2.35. The second-order valence-electron chi connectivity index (χ2n) is 5.12. The van der Waals surface area contributed by atoms with Crippen molar-refractivity contribution < 1.29 is 9.90 Å². The van der Waals surface area contributed by atoms with Crippen LogP contribution in [0.25, 0.3) is 0 Å². The highest BCUT2D eigenvalue weighted by atomic mass is 16.3. The van der Waals surface area contributed by atoms with Crippen molar-refractivity contribution in [3.8, 4) is 0 Å². The predicted molar refractivity (Wildman–Crippen MR) is 78.8 cm³/mol. The first-order valence-electron chi connectivity index (χ1n) is 7.38. The average molecular weight is 277 g/mol. The summed E-state index contributed by atoms with van der Waals surface area (Å²) in [6.45, 7) is 3.83. The van der Waals surface area contributed by atoms with E-state index in [-0.39, 0.29) is 18.6 Å². The number of hydrogen-bond donors (Lipinski definition) is 2. The third-order valence-electron chi connectivity index (χ3n) is 3.70. The van der Waals surface area contributed by atoms with E-state index in [1.54, 1.807) is 6.20 Å². The van der Waals surface area contributed by atoms with Crippen LogP contribution in [0.5, 0.6) is 0 Å². The molecule has 0 bridgehead atoms. The maximum absolute atomic E-state index is 12.5. The van der Waals surface area contributed by atoms with Gasteiger partial charge in [0, 0.05) is 31.9 Å². The molecular formula is C15H23N3O2. The monoisotopic (exact) mass is 277 g/mol. The van der Waals surface area contributed by atoms with E-state index in [0.29, 0.717) is 5.56 Å². The molecule has 1 saturated heterocycles. The Morgan fingerprint density at radius 1 is 1.55 bits per heavy atom. The molecule has 1 aromatic rings. The third kappa shape index (κ3) is 3.48. The van der Waals surface area contributed by atoms with Crippen molar-refractivity contribution in [1.29, 1.82) is 0 Å². The number of pyridine rings is 1. The number of carbonyl (C=O) groups is 1. The van der Waals surface area contributed by atoms with Gasteiger partial charge in [-0.1, -0.05) is 0 Å². The van der Waals surface area contributed by atoms with Gasteiger partial charge >= 0.3 is 0 Å². The summed E-state index contributed by atoms with van der Waals surface area (Å²) in [5, 5.41) is 12.0. The molecule has 2 heterocycles. The van der Waals surface area contributed by atoms with Crippen LogP contribution in [0.3, 0.4) is 0 Å². The maximum Gasteiger partial charge on any atom is 0.255 e. The van der Waals surface area contributed by atoms with Crippen LogP contribution < -0.4 is 5.32 Å². The van der Waals surface area contributed by atoms with E-state index in [4.69, 9.17) is 5.11 Å². The molecule has 5 nitrogen and oxygen atoms in total. The molecule has 0 saturated carbocycles. The predicted octanol–water partition coefficient (Wildman–Crippen LogP) is 1.89. The van der Waals surface area contributed by atoms with Gasteiger partial charge in [0.05, 0.1) is 5.56 Å². The van der Waals surface area contributed by atoms with Gasteiger partial charge in [-0.2, -0.15) is 0 Å². The lowest BCUT2D eigenvalue weighted by atomic mass is 10.1. The molecule has 1 aliphatic heterocycles. The molecule has 20 heavy (non-hydrogen) atoms. The minimum atomic E-state index is 0.0565. The molecule has 2 N–H and O–H groups in total. The Morgan fingerprint density at radius 3 is 3.05 bits per heavy atom. The fourth-order valence-electron chi connectivity index (χ4n) is 2.70. The molecule has 0 aromatic carbocycles. The van der Waals surface area contributed by atoms with Crippen LogP contribution in [-0.2, 0) is 0 Å². The van der Waals surface area contributed by atoms with E-state index in [0.717, 1.165) is 44.6 Å². The smallest absolute Gasteiger partial charge is 0.255 e. The van der Waals surface area contributed by atoms with Gasteiger partial charge in [-0.3, -0.25) is 4.79 Å². The number of nitrogens with zero attached hydrogens (tertiary/aromatic N) is 2. The van der Waals surface area contributed by atoms with Gasteiger partial charge in [0.1, 0.15) is 5.82 Å². The zero-order chi connectivity index (χ0) is 14.4. The topological polar surface area (TPSA) is 65.5 Å². The van der Waals surface area contributed by atoms with Crippen molar-refractivity contribution in [1.82, 2.24) is 9.88 Å². The van der Waals surface area contributed by atoms with E-state index < -0.39 is 0 Å². The van der Waals surface area contributed by atoms with Gasteiger partial charge in [-0.05, 0) is 44.7 Å². The van der Waals surface area contributed by atoms with Gasteiger partial charge in [0.25, 0.3) is 5.91 Å². The van der Waals surface area contributed by atoms with Gasteiger partial charge in [0.15, 0.2) is 0 Å². The van der Waals surface area contributed by atoms with Crippen LogP contribution in [0.4, 0.5) is 5.82 Å². The van der Waals surface area contributed by atoms with E-state index in [1.165, 1.54) is 0 Å². The number of aliphatic hydroxyl groups is 1. The Balaban J connectivity index is 2.02. The van der Waals surface area contributed by atoms with Crippen molar-refractivity contribution in [3.63, 3.8) is 0 Å². The lowest BCUT2D eigenvalue weighted by Gasteiger charge is -2.24. The first-order valence-corrected chi connectivity index (χ1v) is 7.38. The second-order valence-corrected chi connectivity index (χ2v) is 5.12. The number of aliphatic hydroxyl groups excluding tert-OH is 1. The Hall–Kier alpha value is -1.62. The summed E-state index contributed by atoms with van der Waals surface area (Å²) >= 11 is 0. The van der Waals surface area contributed by atoms with Gasteiger partial charge in [0.2, 0.25) is 0 Å². The van der Waals surface area contributed by atoms with Crippen molar-refractivity contribution in [2.24, 2.45) is 0 Å². The van der Waals surface area contributed by atoms with E-state index in [2.05, 4.69) is 10.3 Å². The van der Waals surface area contributed by atoms with Crippen LogP contribution in [0.1, 0.15) is 43.0 Å². The summed E-state index contributed by atoms with van der Waals surface area (Å²) in [6, 6.07) is 3.94. The number of anilines is 1. The standard InChI is InChI=1S/C15H23N3O2/c1-2-16-14-8-7-12(11-17-14)15(20)18-9-3-5-13(18)6-4-10-19/h7-8,11,13,19H,2-6,9-10H2,1H3,(H,16,17). The van der Waals surface area contributed by atoms with Crippen molar-refractivity contribution in [2.75, 3.05) is 25.0 Å². The van der Waals surface area contributed by atoms with Gasteiger partial charge in [-0.15, -0.1) is 0 Å². The van der Waals surface area contributed by atoms with Crippen molar-refractivity contribution in [2.45, 2.75) is 38.6 Å². The summed E-state index contributed by atoms with van der Waals surface area (Å²) in [4.78, 5) is 18.7. The molecule has 1 amide bonds. The van der Waals surface area contributed by atoms with Crippen LogP contribution in [0, 0.1) is 0 Å². The fraction of sp³-hybridized carbons (Fsp3) is 0.600. The Labute approximate surface area is 120 Å². The van der Waals surface area contributed by atoms with Gasteiger partial charge < -0.3 is 15.3 Å². The molecule has 1 unspecified atom stereocenters. The van der Waals surface area contributed by atoms with Crippen molar-refractivity contribution in [3.05, 3.63) is 23.9 Å². The zero-order valence-electron chi connectivity index (χ0n) is 12.0. The number of hydrogen-bond acceptors (Lipinski definition) is 4. The van der Waals surface area contributed by atoms with Gasteiger partial charge in [-0.25, -0.2) is 4.98 Å². The Bertz CT molecular complexity index is 433. The van der Waals surface area contributed by atoms with Crippen LogP contribution >= 0.6 is 0 Å². The molecule has 0 radical (unpaired) electrons. The Morgan fingerprint density at radius 2 is 2.40 bits per heavy atom. The van der Waals surface area contributed by atoms with Crippen LogP contribution in [0.2, 0.25) is 0 Å². The second kappa shape index (κ2) is 7.24. The first kappa shape index (κ1) is 14.8. The number of amides is 1. The zero-order valence-corrected chi connectivity index (χ0v) is 12.0. The summed E-state index contributed by atoms with van der Waals surface area (Å²) < 4.78 is 0. The maximum atomic E-state index is 12.5. The molecule has 1 fully saturated rings. The first-order chi connectivity index (χ1) is 9.76. The summed E-state index contributed by atoms with van der Waals surface area (Å²) in [5.74, 6) is 0.850. The molecule has 0 aliphatic carbocycles. The van der Waals surface area contributed by atoms with Crippen LogP contribution in [0.15, 0.2) is 18.3 Å². The minimum Gasteiger partial charge on any atom is -0.396 e. The molecular weight excluding hydrogens is 254 g/mol. The minimum absolute atomic E-state index is 0.0565. The molecule has 1 aliphatic rings. The van der Waals surface area contributed by atoms with E-state index in [9.17, 15) is 4.79 Å². The molecule has 1 atom stereocenters. The fourth-order valence-corrected chi connectivity index (χ4v) is 2.70. The normalized spacial score (nSPS) is 18.3. The third-order valence-corrected chi connectivity index (χ3v) is 3.70. The van der Waals surface area contributed by atoms with E-state index in [1.807, 2.05) is 24.0 Å². The number of likely N-dealkylation sites (tertiary alicyclic amines) is 1. The molecule has 2 rings (SSSR count). The lowest BCUT2D eigenvalue weighted by molar-refractivity contribution is 0.0724. The SMILES string of the molecule is CCNc1ccc(C(=O)N2CCCC2CCCO)cn1. The number of aromatic nitrogens is 1. The average Bonchev–Trinajstić information content (AvgIpc) is 2.94. The molecule has 5 heteroatoms. The highest BCUT2D eigenvalue weighted by Crippen LogP contribution is 2.23. The van der Waals surface area contributed by atoms with E-state index >= 15 is 0 Å². The summed E-state index contributed by atoms with van der Waals surface area (Å²) in [6.07, 6.45) is 5.36. The summed E-state index contributed by atoms with van der Waals surface area (Å²) in [5.41, 5.74) is 0.641. The number of rotatable bonds is 6.